The van der Waals surface area contributed by atoms with Crippen molar-refractivity contribution >= 4 is 11.9 Å². The van der Waals surface area contributed by atoms with Gasteiger partial charge in [-0.25, -0.2) is 4.98 Å². The lowest BCUT2D eigenvalue weighted by molar-refractivity contribution is -0.144. The van der Waals surface area contributed by atoms with E-state index in [1.807, 2.05) is 0 Å². The Hall–Kier alpha value is -2.06. The summed E-state index contributed by atoms with van der Waals surface area (Å²) in [7, 11) is 0. The van der Waals surface area contributed by atoms with Gasteiger partial charge in [0.1, 0.15) is 0 Å². The van der Waals surface area contributed by atoms with Crippen molar-refractivity contribution in [3.8, 4) is 0 Å². The zero-order valence-electron chi connectivity index (χ0n) is 10.8. The van der Waals surface area contributed by atoms with Crippen molar-refractivity contribution in [1.82, 2.24) is 15.3 Å². The predicted octanol–water partition coefficient (Wildman–Crippen LogP) is 0.949. The normalized spacial score (nSPS) is 11.2. The summed E-state index contributed by atoms with van der Waals surface area (Å²) in [6.07, 6.45) is -6.07. The van der Waals surface area contributed by atoms with Crippen LogP contribution in [0.25, 0.3) is 0 Å². The van der Waals surface area contributed by atoms with E-state index in [0.29, 0.717) is 5.69 Å². The Kier molecular flexibility index (Phi) is 5.53. The number of H-pyrrole nitrogens is 1. The van der Waals surface area contributed by atoms with E-state index in [2.05, 4.69) is 20.6 Å². The third kappa shape index (κ3) is 6.76. The monoisotopic (exact) mass is 292 g/mol. The van der Waals surface area contributed by atoms with Crippen LogP contribution in [0.2, 0.25) is 0 Å². The number of carbonyl (C=O) groups is 1. The van der Waals surface area contributed by atoms with Crippen molar-refractivity contribution in [1.29, 1.82) is 0 Å². The van der Waals surface area contributed by atoms with E-state index in [4.69, 9.17) is 0 Å². The second-order valence-corrected chi connectivity index (χ2v) is 4.13. The fourth-order valence-corrected chi connectivity index (χ4v) is 1.39. The fourth-order valence-electron chi connectivity index (χ4n) is 1.39. The maximum absolute atomic E-state index is 11.9. The third-order valence-electron chi connectivity index (χ3n) is 2.24. The van der Waals surface area contributed by atoms with Crippen LogP contribution in [0, 0.1) is 6.92 Å². The Bertz CT molecular complexity index is 513. The number of nitrogens with zero attached hydrogens (tertiary/aromatic N) is 1. The number of anilines is 1. The zero-order valence-corrected chi connectivity index (χ0v) is 10.8. The molecule has 1 heterocycles. The third-order valence-corrected chi connectivity index (χ3v) is 2.24. The molecular weight excluding hydrogens is 277 g/mol. The molecule has 0 fully saturated rings. The smallest absolute Gasteiger partial charge is 0.354 e. The number of carbonyl (C=O) groups excluding carboxylic acids is 1. The highest BCUT2D eigenvalue weighted by molar-refractivity contribution is 5.75. The summed E-state index contributed by atoms with van der Waals surface area (Å²) < 4.78 is 35.6. The highest BCUT2D eigenvalue weighted by Crippen LogP contribution is 2.20. The van der Waals surface area contributed by atoms with E-state index in [1.165, 1.54) is 6.07 Å². The molecule has 0 aliphatic carbocycles. The lowest BCUT2D eigenvalue weighted by atomic mass is 10.3. The maximum Gasteiger partial charge on any atom is 0.389 e. The minimum absolute atomic E-state index is 0.133. The first-order valence-electron chi connectivity index (χ1n) is 5.91. The van der Waals surface area contributed by atoms with Crippen LogP contribution < -0.4 is 16.2 Å². The van der Waals surface area contributed by atoms with Crippen LogP contribution in [-0.2, 0) is 4.79 Å². The summed E-state index contributed by atoms with van der Waals surface area (Å²) in [5, 5.41) is 5.08. The van der Waals surface area contributed by atoms with E-state index >= 15 is 0 Å². The Morgan fingerprint density at radius 3 is 2.70 bits per heavy atom. The van der Waals surface area contributed by atoms with E-state index in [0.717, 1.165) is 0 Å². The van der Waals surface area contributed by atoms with Gasteiger partial charge in [-0.15, -0.1) is 0 Å². The molecule has 6 nitrogen and oxygen atoms in total. The first kappa shape index (κ1) is 16.0. The summed E-state index contributed by atoms with van der Waals surface area (Å²) in [4.78, 5) is 28.6. The number of halogens is 3. The van der Waals surface area contributed by atoms with Gasteiger partial charge in [0.25, 0.3) is 5.56 Å². The van der Waals surface area contributed by atoms with Crippen molar-refractivity contribution < 1.29 is 18.0 Å². The van der Waals surface area contributed by atoms with Crippen LogP contribution in [0.5, 0.6) is 0 Å². The number of aromatic amines is 1. The molecule has 1 rings (SSSR count). The number of amides is 1. The molecule has 3 N–H and O–H groups in total. The molecule has 0 radical (unpaired) electrons. The van der Waals surface area contributed by atoms with E-state index in [1.54, 1.807) is 6.92 Å². The van der Waals surface area contributed by atoms with Gasteiger partial charge >= 0.3 is 6.18 Å². The van der Waals surface area contributed by atoms with Gasteiger partial charge in [0.05, 0.1) is 6.42 Å². The van der Waals surface area contributed by atoms with Crippen molar-refractivity contribution in [2.75, 3.05) is 18.4 Å². The van der Waals surface area contributed by atoms with Gasteiger partial charge in [-0.3, -0.25) is 14.6 Å². The number of rotatable bonds is 6. The Balaban J connectivity index is 2.24. The van der Waals surface area contributed by atoms with Crippen molar-refractivity contribution in [2.24, 2.45) is 0 Å². The summed E-state index contributed by atoms with van der Waals surface area (Å²) in [5.41, 5.74) is 0.222. The molecule has 0 unspecified atom stereocenters. The number of hydrogen-bond donors (Lipinski definition) is 3. The molecule has 0 bridgehead atoms. The molecule has 1 amide bonds. The molecule has 0 saturated carbocycles. The van der Waals surface area contributed by atoms with Crippen LogP contribution in [0.4, 0.5) is 19.1 Å². The number of hydrogen-bond acceptors (Lipinski definition) is 4. The molecule has 112 valence electrons. The SMILES string of the molecule is Cc1cc(=O)[nH]c(NCCNC(=O)CCC(F)(F)F)n1. The van der Waals surface area contributed by atoms with Gasteiger partial charge in [0.15, 0.2) is 0 Å². The molecule has 0 aromatic carbocycles. The van der Waals surface area contributed by atoms with Crippen LogP contribution >= 0.6 is 0 Å². The highest BCUT2D eigenvalue weighted by atomic mass is 19.4. The van der Waals surface area contributed by atoms with Crippen molar-refractivity contribution in [2.45, 2.75) is 25.9 Å². The lowest BCUT2D eigenvalue weighted by Gasteiger charge is -2.08. The summed E-state index contributed by atoms with van der Waals surface area (Å²) >= 11 is 0. The largest absolute Gasteiger partial charge is 0.389 e. The molecule has 0 aliphatic heterocycles. The van der Waals surface area contributed by atoms with E-state index in [-0.39, 0.29) is 24.6 Å². The highest BCUT2D eigenvalue weighted by Gasteiger charge is 2.27. The van der Waals surface area contributed by atoms with E-state index in [9.17, 15) is 22.8 Å². The number of aryl methyl sites for hydroxylation is 1. The van der Waals surface area contributed by atoms with Crippen molar-refractivity contribution in [3.05, 3.63) is 22.1 Å². The fraction of sp³-hybridized carbons (Fsp3) is 0.545. The first-order valence-corrected chi connectivity index (χ1v) is 5.91. The van der Waals surface area contributed by atoms with Gasteiger partial charge in [-0.1, -0.05) is 0 Å². The van der Waals surface area contributed by atoms with Crippen molar-refractivity contribution in [3.63, 3.8) is 0 Å². The molecule has 0 saturated heterocycles. The van der Waals surface area contributed by atoms with Crippen LogP contribution in [-0.4, -0.2) is 35.1 Å². The molecular formula is C11H15F3N4O2. The minimum atomic E-state index is -4.33. The minimum Gasteiger partial charge on any atom is -0.354 e. The molecule has 0 spiro atoms. The average molecular weight is 292 g/mol. The summed E-state index contributed by atoms with van der Waals surface area (Å²) in [6.45, 7) is 2.03. The van der Waals surface area contributed by atoms with Gasteiger partial charge in [0.2, 0.25) is 11.9 Å². The average Bonchev–Trinajstić information content (AvgIpc) is 2.30. The van der Waals surface area contributed by atoms with Crippen LogP contribution in [0.15, 0.2) is 10.9 Å². The van der Waals surface area contributed by atoms with Crippen LogP contribution in [0.1, 0.15) is 18.5 Å². The van der Waals surface area contributed by atoms with Gasteiger partial charge in [0, 0.05) is 31.3 Å². The summed E-state index contributed by atoms with van der Waals surface area (Å²) in [5.74, 6) is -0.422. The number of aromatic nitrogens is 2. The molecule has 9 heteroatoms. The predicted molar refractivity (Wildman–Crippen MR) is 66.4 cm³/mol. The lowest BCUT2D eigenvalue weighted by Crippen LogP contribution is -2.30. The van der Waals surface area contributed by atoms with E-state index < -0.39 is 24.9 Å². The zero-order chi connectivity index (χ0) is 15.2. The maximum atomic E-state index is 11.9. The Morgan fingerprint density at radius 2 is 2.10 bits per heavy atom. The van der Waals surface area contributed by atoms with Gasteiger partial charge < -0.3 is 10.6 Å². The number of alkyl halides is 3. The van der Waals surface area contributed by atoms with Crippen LogP contribution in [0.3, 0.4) is 0 Å². The second kappa shape index (κ2) is 6.92. The Labute approximate surface area is 112 Å². The van der Waals surface area contributed by atoms with Gasteiger partial charge in [-0.05, 0) is 6.92 Å². The molecule has 1 aromatic rings. The number of nitrogens with one attached hydrogen (secondary N) is 3. The quantitative estimate of drug-likeness (QED) is 0.681. The standard InChI is InChI=1S/C11H15F3N4O2/c1-7-6-9(20)18-10(17-7)16-5-4-15-8(19)2-3-11(12,13)14/h6H,2-5H2,1H3,(H,15,19)(H2,16,17,18,20). The topological polar surface area (TPSA) is 86.9 Å². The first-order chi connectivity index (χ1) is 9.26. The van der Waals surface area contributed by atoms with Gasteiger partial charge in [-0.2, -0.15) is 13.2 Å². The molecule has 0 atom stereocenters. The Morgan fingerprint density at radius 1 is 1.40 bits per heavy atom. The molecule has 1 aromatic heterocycles. The second-order valence-electron chi connectivity index (χ2n) is 4.13. The summed E-state index contributed by atoms with van der Waals surface area (Å²) in [6, 6.07) is 1.32. The molecule has 0 aliphatic rings. The molecule has 20 heavy (non-hydrogen) atoms.